The second-order valence-corrected chi connectivity index (χ2v) is 5.44. The van der Waals surface area contributed by atoms with E-state index in [0.717, 1.165) is 0 Å². The van der Waals surface area contributed by atoms with Crippen LogP contribution in [0, 0.1) is 11.3 Å². The molecule has 0 bridgehead atoms. The molecule has 0 aromatic carbocycles. The molecule has 3 atom stereocenters. The van der Waals surface area contributed by atoms with Crippen molar-refractivity contribution in [1.29, 1.82) is 0 Å². The van der Waals surface area contributed by atoms with Gasteiger partial charge in [-0.05, 0) is 46.5 Å². The normalized spacial score (nSPS) is 34.1. The lowest BCUT2D eigenvalue weighted by Gasteiger charge is -2.37. The Morgan fingerprint density at radius 2 is 1.79 bits per heavy atom. The molecule has 0 heterocycles. The highest BCUT2D eigenvalue weighted by Crippen LogP contribution is 2.51. The first-order valence-corrected chi connectivity index (χ1v) is 6.84. The highest BCUT2D eigenvalue weighted by molar-refractivity contribution is 5.79. The van der Waals surface area contributed by atoms with Crippen molar-refractivity contribution < 1.29 is 24.2 Å². The Kier molecular flexibility index (Phi) is 4.96. The van der Waals surface area contributed by atoms with E-state index in [1.165, 1.54) is 0 Å². The Bertz CT molecular complexity index is 350. The molecular weight excluding hydrogens is 248 g/mol. The quantitative estimate of drug-likeness (QED) is 0.771. The van der Waals surface area contributed by atoms with E-state index < -0.39 is 17.0 Å². The molecular formula is C14H24O5. The minimum Gasteiger partial charge on any atom is -0.466 e. The second-order valence-electron chi connectivity index (χ2n) is 5.44. The van der Waals surface area contributed by atoms with Crippen LogP contribution in [0.4, 0.5) is 0 Å². The summed E-state index contributed by atoms with van der Waals surface area (Å²) >= 11 is 0. The van der Waals surface area contributed by atoms with Crippen LogP contribution < -0.4 is 0 Å². The first kappa shape index (κ1) is 16.0. The van der Waals surface area contributed by atoms with Gasteiger partial charge in [0.1, 0.15) is 0 Å². The largest absolute Gasteiger partial charge is 0.466 e. The maximum absolute atomic E-state index is 12.0. The third-order valence-electron chi connectivity index (χ3n) is 4.35. The van der Waals surface area contributed by atoms with Crippen molar-refractivity contribution >= 4 is 11.9 Å². The van der Waals surface area contributed by atoms with Crippen LogP contribution in [0.5, 0.6) is 0 Å². The Labute approximate surface area is 114 Å². The third-order valence-corrected chi connectivity index (χ3v) is 4.35. The van der Waals surface area contributed by atoms with E-state index in [2.05, 4.69) is 0 Å². The summed E-state index contributed by atoms with van der Waals surface area (Å²) in [6.45, 7) is 7.40. The number of aliphatic hydroxyl groups is 1. The topological polar surface area (TPSA) is 72.8 Å². The molecule has 0 radical (unpaired) electrons. The number of hydrogen-bond acceptors (Lipinski definition) is 5. The summed E-state index contributed by atoms with van der Waals surface area (Å²) in [4.78, 5) is 23.6. The zero-order valence-corrected chi connectivity index (χ0v) is 12.2. The summed E-state index contributed by atoms with van der Waals surface area (Å²) in [6.07, 6.45) is 1.26. The summed E-state index contributed by atoms with van der Waals surface area (Å²) < 4.78 is 9.96. The van der Waals surface area contributed by atoms with Crippen molar-refractivity contribution in [3.8, 4) is 0 Å². The monoisotopic (exact) mass is 272 g/mol. The standard InChI is InChI=1S/C14H24O5/c1-5-18-11(15)9-10-7-8-13(3,14(10,4)17)12(16)19-6-2/h10,17H,5-9H2,1-4H3/t10-,13-,14-/m1/s1. The third kappa shape index (κ3) is 2.91. The average molecular weight is 272 g/mol. The van der Waals surface area contributed by atoms with Gasteiger partial charge in [-0.3, -0.25) is 9.59 Å². The minimum atomic E-state index is -1.26. The van der Waals surface area contributed by atoms with Crippen LogP contribution >= 0.6 is 0 Å². The maximum atomic E-state index is 12.0. The smallest absolute Gasteiger partial charge is 0.314 e. The Balaban J connectivity index is 2.81. The second kappa shape index (κ2) is 5.90. The lowest BCUT2D eigenvalue weighted by atomic mass is 9.73. The molecule has 0 aromatic rings. The van der Waals surface area contributed by atoms with Crippen LogP contribution in [0.25, 0.3) is 0 Å². The van der Waals surface area contributed by atoms with Crippen molar-refractivity contribution in [2.45, 2.75) is 52.6 Å². The molecule has 1 fully saturated rings. The molecule has 0 aliphatic heterocycles. The lowest BCUT2D eigenvalue weighted by Crippen LogP contribution is -2.49. The van der Waals surface area contributed by atoms with Gasteiger partial charge in [0.15, 0.2) is 0 Å². The van der Waals surface area contributed by atoms with E-state index in [-0.39, 0.29) is 24.9 Å². The molecule has 1 saturated carbocycles. The van der Waals surface area contributed by atoms with Gasteiger partial charge in [0.25, 0.3) is 0 Å². The van der Waals surface area contributed by atoms with Gasteiger partial charge in [-0.2, -0.15) is 0 Å². The van der Waals surface area contributed by atoms with Gasteiger partial charge in [-0.1, -0.05) is 0 Å². The molecule has 19 heavy (non-hydrogen) atoms. The van der Waals surface area contributed by atoms with Crippen molar-refractivity contribution in [1.82, 2.24) is 0 Å². The maximum Gasteiger partial charge on any atom is 0.314 e. The summed E-state index contributed by atoms with van der Waals surface area (Å²) in [5.74, 6) is -1.01. The van der Waals surface area contributed by atoms with E-state index in [1.54, 1.807) is 27.7 Å². The Morgan fingerprint density at radius 1 is 1.21 bits per heavy atom. The average Bonchev–Trinajstić information content (AvgIpc) is 2.54. The van der Waals surface area contributed by atoms with Gasteiger partial charge in [-0.25, -0.2) is 0 Å². The summed E-state index contributed by atoms with van der Waals surface area (Å²) in [7, 11) is 0. The number of ether oxygens (including phenoxy) is 2. The van der Waals surface area contributed by atoms with Crippen molar-refractivity contribution in [3.05, 3.63) is 0 Å². The number of esters is 2. The molecule has 1 aliphatic carbocycles. The summed E-state index contributed by atoms with van der Waals surface area (Å²) in [5.41, 5.74) is -2.22. The van der Waals surface area contributed by atoms with Gasteiger partial charge in [0, 0.05) is 0 Å². The van der Waals surface area contributed by atoms with Gasteiger partial charge < -0.3 is 14.6 Å². The first-order chi connectivity index (χ1) is 8.79. The van der Waals surface area contributed by atoms with Gasteiger partial charge in [-0.15, -0.1) is 0 Å². The van der Waals surface area contributed by atoms with Gasteiger partial charge in [0.05, 0.1) is 30.7 Å². The van der Waals surface area contributed by atoms with Gasteiger partial charge >= 0.3 is 11.9 Å². The predicted molar refractivity (Wildman–Crippen MR) is 69.3 cm³/mol. The molecule has 0 saturated heterocycles. The van der Waals surface area contributed by atoms with E-state index in [0.29, 0.717) is 19.4 Å². The van der Waals surface area contributed by atoms with Crippen molar-refractivity contribution in [2.75, 3.05) is 13.2 Å². The predicted octanol–water partition coefficient (Wildman–Crippen LogP) is 1.67. The van der Waals surface area contributed by atoms with E-state index in [1.807, 2.05) is 0 Å². The zero-order chi connectivity index (χ0) is 14.7. The zero-order valence-electron chi connectivity index (χ0n) is 12.2. The molecule has 5 nitrogen and oxygen atoms in total. The SMILES string of the molecule is CCOC(=O)C[C@H]1CC[C@](C)(C(=O)OCC)[C@]1(C)O. The Hall–Kier alpha value is -1.10. The molecule has 1 rings (SSSR count). The van der Waals surface area contributed by atoms with Crippen LogP contribution in [0.2, 0.25) is 0 Å². The van der Waals surface area contributed by atoms with Crippen molar-refractivity contribution in [2.24, 2.45) is 11.3 Å². The molecule has 0 unspecified atom stereocenters. The number of rotatable bonds is 5. The molecule has 1 N–H and O–H groups in total. The summed E-state index contributed by atoms with van der Waals surface area (Å²) in [5, 5.41) is 10.7. The van der Waals surface area contributed by atoms with Crippen LogP contribution in [-0.2, 0) is 19.1 Å². The fraction of sp³-hybridized carbons (Fsp3) is 0.857. The van der Waals surface area contributed by atoms with Crippen LogP contribution in [0.15, 0.2) is 0 Å². The first-order valence-electron chi connectivity index (χ1n) is 6.84. The fourth-order valence-corrected chi connectivity index (χ4v) is 2.77. The molecule has 0 spiro atoms. The van der Waals surface area contributed by atoms with Crippen LogP contribution in [0.1, 0.15) is 47.0 Å². The molecule has 5 heteroatoms. The van der Waals surface area contributed by atoms with E-state index >= 15 is 0 Å². The summed E-state index contributed by atoms with van der Waals surface area (Å²) in [6, 6.07) is 0. The Morgan fingerprint density at radius 3 is 2.32 bits per heavy atom. The number of carbonyl (C=O) groups is 2. The number of carbonyl (C=O) groups excluding carboxylic acids is 2. The number of hydrogen-bond donors (Lipinski definition) is 1. The molecule has 0 aromatic heterocycles. The fourth-order valence-electron chi connectivity index (χ4n) is 2.77. The van der Waals surface area contributed by atoms with Crippen LogP contribution in [-0.4, -0.2) is 35.9 Å². The molecule has 0 amide bonds. The molecule has 110 valence electrons. The minimum absolute atomic E-state index is 0.135. The van der Waals surface area contributed by atoms with Gasteiger partial charge in [0.2, 0.25) is 0 Å². The van der Waals surface area contributed by atoms with E-state index in [4.69, 9.17) is 9.47 Å². The van der Waals surface area contributed by atoms with Crippen LogP contribution in [0.3, 0.4) is 0 Å². The highest BCUT2D eigenvalue weighted by atomic mass is 16.5. The van der Waals surface area contributed by atoms with E-state index in [9.17, 15) is 14.7 Å². The van der Waals surface area contributed by atoms with Crippen molar-refractivity contribution in [3.63, 3.8) is 0 Å². The highest BCUT2D eigenvalue weighted by Gasteiger charge is 2.59. The lowest BCUT2D eigenvalue weighted by molar-refractivity contribution is -0.172. The molecule has 1 aliphatic rings.